The summed E-state index contributed by atoms with van der Waals surface area (Å²) in [5.74, 6) is 6.60. The number of benzene rings is 6. The molecule has 9 rings (SSSR count). The van der Waals surface area contributed by atoms with Crippen LogP contribution in [0, 0.1) is 0 Å². The standard InChI is InChI=1S/C36H24N4O6S3/c37-40-29-19-17-23(38-25-9-1-5-13-31(25)47(41,42)32-14-6-2-10-26(32)38)21-35(29)49(45,46)36-22-24(18-20-30(36)40)39-27-11-3-7-15-33(27)48(43,44)34-16-8-4-12-28(34)39/h1-22H,37H2. The van der Waals surface area contributed by atoms with E-state index >= 15 is 0 Å². The van der Waals surface area contributed by atoms with E-state index in [4.69, 9.17) is 5.84 Å². The highest BCUT2D eigenvalue weighted by Gasteiger charge is 2.39. The Morgan fingerprint density at radius 2 is 0.633 bits per heavy atom. The van der Waals surface area contributed by atoms with Crippen LogP contribution in [-0.4, -0.2) is 25.3 Å². The van der Waals surface area contributed by atoms with E-state index in [9.17, 15) is 25.3 Å². The van der Waals surface area contributed by atoms with Gasteiger partial charge in [-0.25, -0.2) is 31.1 Å². The van der Waals surface area contributed by atoms with Crippen molar-refractivity contribution in [3.63, 3.8) is 0 Å². The van der Waals surface area contributed by atoms with Gasteiger partial charge in [-0.05, 0) is 84.9 Å². The molecular formula is C36H24N4O6S3. The summed E-state index contributed by atoms with van der Waals surface area (Å²) in [6.45, 7) is 0. The van der Waals surface area contributed by atoms with Crippen molar-refractivity contribution in [2.24, 2.45) is 5.84 Å². The van der Waals surface area contributed by atoms with Crippen molar-refractivity contribution in [2.45, 2.75) is 29.4 Å². The van der Waals surface area contributed by atoms with Crippen LogP contribution in [0.2, 0.25) is 0 Å². The lowest BCUT2D eigenvalue weighted by Gasteiger charge is -2.36. The molecule has 3 aliphatic rings. The summed E-state index contributed by atoms with van der Waals surface area (Å²) in [4.78, 5) is 3.75. The van der Waals surface area contributed by atoms with E-state index < -0.39 is 29.5 Å². The Balaban J connectivity index is 1.22. The van der Waals surface area contributed by atoms with Gasteiger partial charge in [-0.2, -0.15) is 0 Å². The van der Waals surface area contributed by atoms with E-state index in [2.05, 4.69) is 0 Å². The Hall–Kier alpha value is -5.47. The number of hydrogen-bond donors (Lipinski definition) is 1. The molecule has 3 heterocycles. The largest absolute Gasteiger partial charge is 0.308 e. The van der Waals surface area contributed by atoms with Crippen molar-refractivity contribution < 1.29 is 25.3 Å². The van der Waals surface area contributed by atoms with Crippen LogP contribution in [0.4, 0.5) is 45.5 Å². The topological polar surface area (TPSA) is 138 Å². The van der Waals surface area contributed by atoms with Gasteiger partial charge in [0.05, 0.1) is 63.5 Å². The average Bonchev–Trinajstić information content (AvgIpc) is 3.11. The first kappa shape index (κ1) is 29.7. The Morgan fingerprint density at radius 3 is 0.959 bits per heavy atom. The predicted octanol–water partition coefficient (Wildman–Crippen LogP) is 7.08. The number of nitrogens with zero attached hydrogens (tertiary/aromatic N) is 3. The highest BCUT2D eigenvalue weighted by atomic mass is 32.2. The number of sulfone groups is 3. The molecule has 10 nitrogen and oxygen atoms in total. The first-order valence-corrected chi connectivity index (χ1v) is 19.5. The number of fused-ring (bicyclic) bond motifs is 6. The second-order valence-corrected chi connectivity index (χ2v) is 17.4. The molecule has 0 atom stereocenters. The molecule has 0 unspecified atom stereocenters. The molecule has 0 radical (unpaired) electrons. The molecule has 49 heavy (non-hydrogen) atoms. The minimum atomic E-state index is -4.22. The zero-order valence-corrected chi connectivity index (χ0v) is 27.7. The van der Waals surface area contributed by atoms with Gasteiger partial charge < -0.3 is 9.80 Å². The summed E-state index contributed by atoms with van der Waals surface area (Å²) in [6.07, 6.45) is 0. The van der Waals surface area contributed by atoms with Gasteiger partial charge in [0.15, 0.2) is 0 Å². The van der Waals surface area contributed by atoms with Gasteiger partial charge in [-0.3, -0.25) is 5.01 Å². The van der Waals surface area contributed by atoms with Crippen LogP contribution < -0.4 is 20.7 Å². The Labute approximate surface area is 282 Å². The second-order valence-electron chi connectivity index (χ2n) is 11.7. The molecule has 0 spiro atoms. The summed E-state index contributed by atoms with van der Waals surface area (Å²) in [6, 6.07) is 36.0. The van der Waals surface area contributed by atoms with Crippen LogP contribution >= 0.6 is 0 Å². The fourth-order valence-electron chi connectivity index (χ4n) is 6.89. The quantitative estimate of drug-likeness (QED) is 0.186. The van der Waals surface area contributed by atoms with Crippen molar-refractivity contribution in [1.82, 2.24) is 0 Å². The smallest absolute Gasteiger partial charge is 0.210 e. The van der Waals surface area contributed by atoms with Crippen molar-refractivity contribution in [3.05, 3.63) is 133 Å². The van der Waals surface area contributed by atoms with E-state index in [0.29, 0.717) is 34.1 Å². The van der Waals surface area contributed by atoms with Crippen molar-refractivity contribution in [2.75, 3.05) is 14.8 Å². The molecule has 6 aromatic carbocycles. The maximum absolute atomic E-state index is 14.6. The van der Waals surface area contributed by atoms with Gasteiger partial charge in [0.25, 0.3) is 0 Å². The molecule has 0 aliphatic carbocycles. The SMILES string of the molecule is NN1c2ccc(N3c4ccccc4S(=O)(=O)c4ccccc43)cc2S(=O)(=O)c2cc(N3c4ccccc4S(=O)(=O)c4ccccc43)ccc21. The molecule has 3 aliphatic heterocycles. The van der Waals surface area contributed by atoms with Gasteiger partial charge in [0.1, 0.15) is 0 Å². The molecule has 0 aromatic heterocycles. The average molecular weight is 705 g/mol. The molecule has 0 saturated carbocycles. The van der Waals surface area contributed by atoms with E-state index in [1.54, 1.807) is 107 Å². The molecule has 13 heteroatoms. The van der Waals surface area contributed by atoms with Crippen LogP contribution in [0.3, 0.4) is 0 Å². The molecule has 0 amide bonds. The minimum Gasteiger partial charge on any atom is -0.308 e. The number of hydrogen-bond acceptors (Lipinski definition) is 10. The Kier molecular flexibility index (Phi) is 6.07. The van der Waals surface area contributed by atoms with Crippen LogP contribution in [0.1, 0.15) is 0 Å². The third kappa shape index (κ3) is 3.98. The molecule has 6 aromatic rings. The van der Waals surface area contributed by atoms with Gasteiger partial charge in [-0.1, -0.05) is 48.5 Å². The van der Waals surface area contributed by atoms with Crippen molar-refractivity contribution in [3.8, 4) is 0 Å². The second kappa shape index (κ2) is 10.0. The normalized spacial score (nSPS) is 17.1. The Morgan fingerprint density at radius 1 is 0.347 bits per heavy atom. The van der Waals surface area contributed by atoms with Crippen LogP contribution in [0.15, 0.2) is 163 Å². The zero-order valence-electron chi connectivity index (χ0n) is 25.3. The van der Waals surface area contributed by atoms with Gasteiger partial charge >= 0.3 is 0 Å². The number of hydrazine groups is 1. The lowest BCUT2D eigenvalue weighted by atomic mass is 10.1. The summed E-state index contributed by atoms with van der Waals surface area (Å²) < 4.78 is 83.4. The summed E-state index contributed by atoms with van der Waals surface area (Å²) in [5, 5.41) is 1.31. The lowest BCUT2D eigenvalue weighted by Crippen LogP contribution is -2.32. The molecule has 0 bridgehead atoms. The summed E-state index contributed by atoms with van der Waals surface area (Å²) >= 11 is 0. The summed E-state index contributed by atoms with van der Waals surface area (Å²) in [7, 11) is -11.9. The molecule has 0 saturated heterocycles. The van der Waals surface area contributed by atoms with E-state index in [1.807, 2.05) is 0 Å². The first-order valence-electron chi connectivity index (χ1n) is 15.1. The minimum absolute atomic E-state index is 0.0671. The molecule has 2 N–H and O–H groups in total. The maximum Gasteiger partial charge on any atom is 0.210 e. The third-order valence-corrected chi connectivity index (χ3v) is 14.6. The van der Waals surface area contributed by atoms with Crippen molar-refractivity contribution >= 4 is 75.0 Å². The first-order chi connectivity index (χ1) is 23.5. The zero-order chi connectivity index (χ0) is 33.9. The van der Waals surface area contributed by atoms with E-state index in [0.717, 1.165) is 0 Å². The predicted molar refractivity (Wildman–Crippen MR) is 185 cm³/mol. The lowest BCUT2D eigenvalue weighted by molar-refractivity contribution is 0.592. The Bertz CT molecular complexity index is 2480. The van der Waals surface area contributed by atoms with Gasteiger partial charge in [0.2, 0.25) is 29.5 Å². The number of anilines is 8. The number of nitrogens with two attached hydrogens (primary N) is 1. The third-order valence-electron chi connectivity index (χ3n) is 9.08. The highest BCUT2D eigenvalue weighted by Crippen LogP contribution is 2.53. The van der Waals surface area contributed by atoms with Crippen LogP contribution in [-0.2, 0) is 29.5 Å². The molecule has 242 valence electrons. The number of para-hydroxylation sites is 4. The highest BCUT2D eigenvalue weighted by molar-refractivity contribution is 7.92. The molecular weight excluding hydrogens is 681 g/mol. The maximum atomic E-state index is 14.6. The van der Waals surface area contributed by atoms with E-state index in [1.165, 1.54) is 41.4 Å². The molecule has 0 fully saturated rings. The number of rotatable bonds is 2. The van der Waals surface area contributed by atoms with Crippen LogP contribution in [0.5, 0.6) is 0 Å². The monoisotopic (exact) mass is 704 g/mol. The van der Waals surface area contributed by atoms with Gasteiger partial charge in [0, 0.05) is 11.4 Å². The fraction of sp³-hybridized carbons (Fsp3) is 0. The summed E-state index contributed by atoms with van der Waals surface area (Å²) in [5.41, 5.74) is 2.89. The van der Waals surface area contributed by atoms with Crippen LogP contribution in [0.25, 0.3) is 0 Å². The van der Waals surface area contributed by atoms with Gasteiger partial charge in [-0.15, -0.1) is 0 Å². The van der Waals surface area contributed by atoms with Crippen molar-refractivity contribution in [1.29, 1.82) is 0 Å². The van der Waals surface area contributed by atoms with E-state index in [-0.39, 0.29) is 40.7 Å². The fourth-order valence-corrected chi connectivity index (χ4v) is 11.8.